The molecule has 0 aromatic carbocycles. The topological polar surface area (TPSA) is 171 Å². The molecule has 0 spiro atoms. The molecule has 0 radical (unpaired) electrons. The molecule has 9 nitrogen and oxygen atoms in total. The SMILES string of the molecule is CC(C)=CCC[C@@](C)(O)[C@H]1CC[C@]2(C)[C@@H]1[C@H](O)C[C@@H]1[C@@]3(C)CC[C@H](O)C(C)(C)[C@@H]3[C@@H](O)C[C@]12C.OC1OC[C@@H](O)[C@H](O)[C@H]1O. The van der Waals surface area contributed by atoms with E-state index in [1.165, 1.54) is 5.57 Å². The quantitative estimate of drug-likeness (QED) is 0.219. The molecule has 5 aliphatic rings. The van der Waals surface area contributed by atoms with Crippen molar-refractivity contribution < 1.29 is 45.6 Å². The summed E-state index contributed by atoms with van der Waals surface area (Å²) in [6.07, 6.45) is 2.31. The summed E-state index contributed by atoms with van der Waals surface area (Å²) in [5.41, 5.74) is -0.230. The largest absolute Gasteiger partial charge is 0.393 e. The first-order valence-corrected chi connectivity index (χ1v) is 16.9. The predicted octanol–water partition coefficient (Wildman–Crippen LogP) is 2.89. The number of rotatable bonds is 4. The van der Waals surface area contributed by atoms with Crippen molar-refractivity contribution in [3.05, 3.63) is 11.6 Å². The fourth-order valence-corrected chi connectivity index (χ4v) is 11.3. The standard InChI is InChI=1S/C30H52O4.C5H10O5/c1-18(2)10-9-13-30(8,34)19-11-15-28(6)24(19)20(31)16-22-27(5)14-12-23(33)26(3,4)25(27)21(32)17-29(22,28)7;6-2-1-10-5(9)4(8)3(2)7/h10,19-25,31-34H,9,11-17H2,1-8H3;2-9H,1H2/t19-,20+,21-,22+,23-,24-,25-,27+,28+,29+,30+;2-,3+,4-,5?/m01/s1. The lowest BCUT2D eigenvalue weighted by Crippen LogP contribution is -2.69. The van der Waals surface area contributed by atoms with E-state index < -0.39 is 48.5 Å². The van der Waals surface area contributed by atoms with Crippen LogP contribution in [0.3, 0.4) is 0 Å². The highest BCUT2D eigenvalue weighted by Crippen LogP contribution is 2.75. The van der Waals surface area contributed by atoms with Gasteiger partial charge in [0.1, 0.15) is 18.3 Å². The van der Waals surface area contributed by atoms with Crippen LogP contribution in [0.1, 0.15) is 107 Å². The summed E-state index contributed by atoms with van der Waals surface area (Å²) in [5.74, 6) is 0.442. The molecule has 1 heterocycles. The Balaban J connectivity index is 0.000000375. The van der Waals surface area contributed by atoms with Crippen LogP contribution in [-0.4, -0.2) is 96.0 Å². The van der Waals surface area contributed by atoms with Crippen molar-refractivity contribution >= 4 is 0 Å². The smallest absolute Gasteiger partial charge is 0.183 e. The molecule has 9 heteroatoms. The van der Waals surface area contributed by atoms with Crippen molar-refractivity contribution in [2.45, 2.75) is 155 Å². The highest BCUT2D eigenvalue weighted by molar-refractivity contribution is 5.21. The molecule has 1 saturated heterocycles. The van der Waals surface area contributed by atoms with Crippen LogP contribution < -0.4 is 0 Å². The summed E-state index contributed by atoms with van der Waals surface area (Å²) in [6.45, 7) is 17.4. The predicted molar refractivity (Wildman–Crippen MR) is 167 cm³/mol. The highest BCUT2D eigenvalue weighted by Gasteiger charge is 2.72. The Hall–Kier alpha value is -0.620. The number of hydrogen-bond acceptors (Lipinski definition) is 9. The second-order valence-electron chi connectivity index (χ2n) is 16.9. The van der Waals surface area contributed by atoms with Gasteiger partial charge in [-0.2, -0.15) is 0 Å². The molecule has 0 aromatic rings. The van der Waals surface area contributed by atoms with Crippen LogP contribution in [0.25, 0.3) is 0 Å². The normalized spacial score (nSPS) is 51.0. The second kappa shape index (κ2) is 12.4. The highest BCUT2D eigenvalue weighted by atomic mass is 16.6. The van der Waals surface area contributed by atoms with E-state index in [1.807, 2.05) is 6.92 Å². The summed E-state index contributed by atoms with van der Waals surface area (Å²) in [5, 5.41) is 81.2. The van der Waals surface area contributed by atoms with Gasteiger partial charge in [-0.25, -0.2) is 0 Å². The first-order chi connectivity index (χ1) is 20.1. The summed E-state index contributed by atoms with van der Waals surface area (Å²) in [6, 6.07) is 0. The molecule has 256 valence electrons. The van der Waals surface area contributed by atoms with Crippen LogP contribution in [0.4, 0.5) is 0 Å². The van der Waals surface area contributed by atoms with Crippen LogP contribution in [0.15, 0.2) is 11.6 Å². The van der Waals surface area contributed by atoms with E-state index in [9.17, 15) is 20.4 Å². The second-order valence-corrected chi connectivity index (χ2v) is 16.9. The number of ether oxygens (including phenoxy) is 1. The zero-order valence-corrected chi connectivity index (χ0v) is 28.3. The molecule has 4 saturated carbocycles. The van der Waals surface area contributed by atoms with E-state index >= 15 is 0 Å². The maximum atomic E-state index is 11.8. The minimum absolute atomic E-state index is 0.0264. The van der Waals surface area contributed by atoms with Gasteiger partial charge in [-0.3, -0.25) is 0 Å². The van der Waals surface area contributed by atoms with Gasteiger partial charge in [-0.15, -0.1) is 0 Å². The maximum Gasteiger partial charge on any atom is 0.183 e. The van der Waals surface area contributed by atoms with Crippen molar-refractivity contribution in [1.82, 2.24) is 0 Å². The van der Waals surface area contributed by atoms with Crippen LogP contribution >= 0.6 is 0 Å². The fourth-order valence-electron chi connectivity index (χ4n) is 11.3. The minimum atomic E-state index is -1.41. The fraction of sp³-hybridized carbons (Fsp3) is 0.943. The molecule has 1 aliphatic heterocycles. The van der Waals surface area contributed by atoms with Gasteiger partial charge < -0.3 is 45.6 Å². The van der Waals surface area contributed by atoms with Gasteiger partial charge in [0.25, 0.3) is 0 Å². The molecular weight excluding hydrogens is 564 g/mol. The number of allylic oxidation sites excluding steroid dienone is 2. The molecular formula is C35H62O9. The van der Waals surface area contributed by atoms with Crippen molar-refractivity contribution in [2.24, 2.45) is 45.3 Å². The van der Waals surface area contributed by atoms with Crippen LogP contribution in [-0.2, 0) is 4.74 Å². The van der Waals surface area contributed by atoms with E-state index in [0.717, 1.165) is 51.4 Å². The Morgan fingerprint density at radius 2 is 1.48 bits per heavy atom. The number of hydrogen-bond donors (Lipinski definition) is 8. The molecule has 4 aliphatic carbocycles. The Bertz CT molecular complexity index is 1030. The van der Waals surface area contributed by atoms with Crippen LogP contribution in [0.5, 0.6) is 0 Å². The van der Waals surface area contributed by atoms with Gasteiger partial charge in [0.2, 0.25) is 0 Å². The molecule has 5 rings (SSSR count). The Kier molecular flexibility index (Phi) is 10.2. The zero-order chi connectivity index (χ0) is 33.2. The molecule has 15 atom stereocenters. The van der Waals surface area contributed by atoms with Gasteiger partial charge in [0.15, 0.2) is 6.29 Å². The summed E-state index contributed by atoms with van der Waals surface area (Å²) in [4.78, 5) is 0. The van der Waals surface area contributed by atoms with Crippen LogP contribution in [0, 0.1) is 45.3 Å². The van der Waals surface area contributed by atoms with Gasteiger partial charge in [-0.1, -0.05) is 46.3 Å². The summed E-state index contributed by atoms with van der Waals surface area (Å²) in [7, 11) is 0. The molecule has 0 aromatic heterocycles. The lowest BCUT2D eigenvalue weighted by atomic mass is 9.34. The average molecular weight is 627 g/mol. The van der Waals surface area contributed by atoms with Crippen molar-refractivity contribution in [3.63, 3.8) is 0 Å². The Morgan fingerprint density at radius 3 is 2.07 bits per heavy atom. The minimum Gasteiger partial charge on any atom is -0.393 e. The van der Waals surface area contributed by atoms with Crippen molar-refractivity contribution in [1.29, 1.82) is 0 Å². The first kappa shape index (κ1) is 36.2. The van der Waals surface area contributed by atoms with Crippen LogP contribution in [0.2, 0.25) is 0 Å². The summed E-state index contributed by atoms with van der Waals surface area (Å²) >= 11 is 0. The molecule has 44 heavy (non-hydrogen) atoms. The lowest BCUT2D eigenvalue weighted by molar-refractivity contribution is -0.274. The third-order valence-corrected chi connectivity index (χ3v) is 13.7. The van der Waals surface area contributed by atoms with Crippen molar-refractivity contribution in [3.8, 4) is 0 Å². The maximum absolute atomic E-state index is 11.8. The zero-order valence-electron chi connectivity index (χ0n) is 28.3. The summed E-state index contributed by atoms with van der Waals surface area (Å²) < 4.78 is 4.47. The van der Waals surface area contributed by atoms with E-state index in [-0.39, 0.29) is 46.0 Å². The number of aliphatic hydroxyl groups excluding tert-OH is 7. The molecule has 0 amide bonds. The Labute approximate surface area is 264 Å². The lowest BCUT2D eigenvalue weighted by Gasteiger charge is -2.71. The third-order valence-electron chi connectivity index (χ3n) is 13.7. The van der Waals surface area contributed by atoms with Gasteiger partial charge in [0.05, 0.1) is 30.5 Å². The van der Waals surface area contributed by atoms with Gasteiger partial charge >= 0.3 is 0 Å². The number of fused-ring (bicyclic) bond motifs is 5. The number of aliphatic hydroxyl groups is 8. The van der Waals surface area contributed by atoms with E-state index in [4.69, 9.17) is 20.4 Å². The average Bonchev–Trinajstić information content (AvgIpc) is 3.30. The molecule has 0 bridgehead atoms. The molecule has 8 N–H and O–H groups in total. The first-order valence-electron chi connectivity index (χ1n) is 16.9. The third kappa shape index (κ3) is 5.85. The molecule has 1 unspecified atom stereocenters. The van der Waals surface area contributed by atoms with E-state index in [2.05, 4.69) is 59.3 Å². The van der Waals surface area contributed by atoms with E-state index in [1.54, 1.807) is 0 Å². The Morgan fingerprint density at radius 1 is 0.841 bits per heavy atom. The molecule has 5 fully saturated rings. The van der Waals surface area contributed by atoms with Crippen molar-refractivity contribution in [2.75, 3.05) is 6.61 Å². The van der Waals surface area contributed by atoms with E-state index in [0.29, 0.717) is 5.92 Å². The van der Waals surface area contributed by atoms with Gasteiger partial charge in [-0.05, 0) is 117 Å². The van der Waals surface area contributed by atoms with Gasteiger partial charge in [0, 0.05) is 0 Å². The monoisotopic (exact) mass is 626 g/mol.